The molecule has 8 heteroatoms. The fraction of sp³-hybridized carbons (Fsp3) is 0.158. The molecule has 27 heavy (non-hydrogen) atoms. The largest absolute Gasteiger partial charge is 0.318 e. The van der Waals surface area contributed by atoms with Gasteiger partial charge in [0.2, 0.25) is 11.8 Å². The summed E-state index contributed by atoms with van der Waals surface area (Å²) in [5.74, 6) is -0.964. The summed E-state index contributed by atoms with van der Waals surface area (Å²) < 4.78 is 2.70. The Morgan fingerprint density at radius 1 is 1.11 bits per heavy atom. The van der Waals surface area contributed by atoms with E-state index in [-0.39, 0.29) is 24.7 Å². The van der Waals surface area contributed by atoms with Gasteiger partial charge < -0.3 is 4.57 Å². The second-order valence-electron chi connectivity index (χ2n) is 6.12. The van der Waals surface area contributed by atoms with Gasteiger partial charge in [-0.05, 0) is 30.3 Å². The molecule has 0 atom stereocenters. The highest BCUT2D eigenvalue weighted by atomic mass is 35.5. The summed E-state index contributed by atoms with van der Waals surface area (Å²) in [5.41, 5.74) is 1.52. The van der Waals surface area contributed by atoms with Crippen molar-refractivity contribution in [2.75, 3.05) is 4.90 Å². The molecule has 0 spiro atoms. The number of imide groups is 1. The Bertz CT molecular complexity index is 1160. The highest BCUT2D eigenvalue weighted by Gasteiger charge is 2.30. The third kappa shape index (κ3) is 3.09. The number of hydrogen-bond donors (Lipinski definition) is 0. The van der Waals surface area contributed by atoms with Crippen molar-refractivity contribution in [1.82, 2.24) is 4.57 Å². The van der Waals surface area contributed by atoms with Gasteiger partial charge in [-0.1, -0.05) is 35.1 Å². The van der Waals surface area contributed by atoms with Crippen molar-refractivity contribution in [2.45, 2.75) is 12.8 Å². The molecule has 0 N–H and O–H groups in total. The van der Waals surface area contributed by atoms with Gasteiger partial charge >= 0.3 is 0 Å². The van der Waals surface area contributed by atoms with E-state index in [1.807, 2.05) is 12.1 Å². The molecule has 0 saturated carbocycles. The number of carbonyl (C=O) groups excluding carboxylic acids is 3. The lowest BCUT2D eigenvalue weighted by molar-refractivity contribution is -0.121. The molecule has 136 valence electrons. The van der Waals surface area contributed by atoms with Gasteiger partial charge in [-0.15, -0.1) is 0 Å². The number of rotatable bonds is 2. The predicted molar refractivity (Wildman–Crippen MR) is 104 cm³/mol. The summed E-state index contributed by atoms with van der Waals surface area (Å²) in [6, 6.07) is 12.0. The van der Waals surface area contributed by atoms with Crippen molar-refractivity contribution < 1.29 is 14.4 Å². The number of fused-ring (bicyclic) bond motifs is 1. The molecule has 1 fully saturated rings. The number of halogens is 1. The molecule has 0 radical (unpaired) electrons. The van der Waals surface area contributed by atoms with E-state index >= 15 is 0 Å². The first kappa shape index (κ1) is 17.6. The second kappa shape index (κ2) is 6.75. The zero-order valence-corrected chi connectivity index (χ0v) is 15.9. The maximum atomic E-state index is 12.7. The number of carbonyl (C=O) groups is 3. The average molecular weight is 400 g/mol. The highest BCUT2D eigenvalue weighted by molar-refractivity contribution is 7.16. The lowest BCUT2D eigenvalue weighted by atomic mass is 10.2. The van der Waals surface area contributed by atoms with Crippen molar-refractivity contribution in [3.05, 3.63) is 57.9 Å². The first-order chi connectivity index (χ1) is 13.0. The maximum absolute atomic E-state index is 12.7. The molecule has 4 rings (SSSR count). The number of aryl methyl sites for hydroxylation is 1. The Labute approximate surface area is 163 Å². The first-order valence-electron chi connectivity index (χ1n) is 8.24. The fourth-order valence-corrected chi connectivity index (χ4v) is 4.46. The minimum Gasteiger partial charge on any atom is -0.318 e. The third-order valence-corrected chi connectivity index (χ3v) is 5.78. The van der Waals surface area contributed by atoms with Gasteiger partial charge in [-0.3, -0.25) is 19.3 Å². The zero-order chi connectivity index (χ0) is 19.1. The van der Waals surface area contributed by atoms with E-state index in [2.05, 4.69) is 4.99 Å². The van der Waals surface area contributed by atoms with Crippen LogP contribution in [-0.4, -0.2) is 22.3 Å². The lowest BCUT2D eigenvalue weighted by Crippen LogP contribution is -2.28. The van der Waals surface area contributed by atoms with Crippen molar-refractivity contribution in [2.24, 2.45) is 12.0 Å². The Kier molecular flexibility index (Phi) is 4.41. The molecule has 1 aliphatic heterocycles. The topological polar surface area (TPSA) is 71.7 Å². The molecule has 0 unspecified atom stereocenters. The van der Waals surface area contributed by atoms with Gasteiger partial charge in [-0.2, -0.15) is 4.99 Å². The van der Waals surface area contributed by atoms with Crippen molar-refractivity contribution in [1.29, 1.82) is 0 Å². The summed E-state index contributed by atoms with van der Waals surface area (Å²) in [4.78, 5) is 42.3. The van der Waals surface area contributed by atoms with Crippen LogP contribution >= 0.6 is 22.9 Å². The summed E-state index contributed by atoms with van der Waals surface area (Å²) in [6.45, 7) is 0. The number of benzene rings is 2. The van der Waals surface area contributed by atoms with Crippen LogP contribution in [0.5, 0.6) is 0 Å². The van der Waals surface area contributed by atoms with Crippen LogP contribution in [0.15, 0.2) is 47.5 Å². The first-order valence-corrected chi connectivity index (χ1v) is 9.44. The Morgan fingerprint density at radius 2 is 1.81 bits per heavy atom. The number of anilines is 1. The molecule has 1 aromatic heterocycles. The van der Waals surface area contributed by atoms with Crippen LogP contribution in [0.2, 0.25) is 5.02 Å². The molecule has 6 nitrogen and oxygen atoms in total. The van der Waals surface area contributed by atoms with Crippen molar-refractivity contribution in [3.63, 3.8) is 0 Å². The molecule has 1 saturated heterocycles. The minimum absolute atomic E-state index is 0.194. The number of aromatic nitrogens is 1. The molecule has 3 aromatic rings. The maximum Gasteiger partial charge on any atom is 0.279 e. The number of amides is 3. The van der Waals surface area contributed by atoms with Crippen LogP contribution in [0.3, 0.4) is 0 Å². The van der Waals surface area contributed by atoms with E-state index in [1.54, 1.807) is 35.9 Å². The summed E-state index contributed by atoms with van der Waals surface area (Å²) in [7, 11) is 1.80. The van der Waals surface area contributed by atoms with E-state index in [0.29, 0.717) is 21.1 Å². The van der Waals surface area contributed by atoms with Gasteiger partial charge in [0, 0.05) is 25.5 Å². The lowest BCUT2D eigenvalue weighted by Gasteiger charge is -2.14. The van der Waals surface area contributed by atoms with Gasteiger partial charge in [0.1, 0.15) is 0 Å². The molecule has 1 aliphatic rings. The van der Waals surface area contributed by atoms with Gasteiger partial charge in [0.05, 0.1) is 20.9 Å². The SMILES string of the molecule is Cn1c(=NC(=O)c2cccc(N3C(=O)CCC3=O)c2)sc2cccc(Cl)c21. The molecule has 2 aromatic carbocycles. The fourth-order valence-electron chi connectivity index (χ4n) is 3.06. The van der Waals surface area contributed by atoms with Crippen LogP contribution in [0.25, 0.3) is 10.2 Å². The van der Waals surface area contributed by atoms with Gasteiger partial charge in [-0.25, -0.2) is 0 Å². The number of para-hydroxylation sites is 1. The molecular weight excluding hydrogens is 386 g/mol. The Hall–Kier alpha value is -2.77. The van der Waals surface area contributed by atoms with Gasteiger partial charge in [0.15, 0.2) is 4.80 Å². The molecule has 0 bridgehead atoms. The quantitative estimate of drug-likeness (QED) is 0.621. The zero-order valence-electron chi connectivity index (χ0n) is 14.3. The monoisotopic (exact) mass is 399 g/mol. The Morgan fingerprint density at radius 3 is 2.52 bits per heavy atom. The summed E-state index contributed by atoms with van der Waals surface area (Å²) in [5, 5.41) is 0.591. The van der Waals surface area contributed by atoms with Crippen LogP contribution in [0, 0.1) is 0 Å². The summed E-state index contributed by atoms with van der Waals surface area (Å²) >= 11 is 7.60. The predicted octanol–water partition coefficient (Wildman–Crippen LogP) is 3.29. The van der Waals surface area contributed by atoms with Crippen molar-refractivity contribution >= 4 is 56.6 Å². The molecule has 3 amide bonds. The normalized spacial score (nSPS) is 15.2. The standard InChI is InChI=1S/C19H14ClN3O3S/c1-22-17-13(20)6-3-7-14(17)27-19(22)21-18(26)11-4-2-5-12(10-11)23-15(24)8-9-16(23)25/h2-7,10H,8-9H2,1H3. The number of hydrogen-bond acceptors (Lipinski definition) is 4. The Balaban J connectivity index is 1.74. The van der Waals surface area contributed by atoms with Gasteiger partial charge in [0.25, 0.3) is 5.91 Å². The molecule has 2 heterocycles. The second-order valence-corrected chi connectivity index (χ2v) is 7.54. The molecule has 0 aliphatic carbocycles. The van der Waals surface area contributed by atoms with Crippen LogP contribution in [0.4, 0.5) is 5.69 Å². The number of thiazole rings is 1. The van der Waals surface area contributed by atoms with Crippen LogP contribution in [0.1, 0.15) is 23.2 Å². The third-order valence-electron chi connectivity index (χ3n) is 4.37. The van der Waals surface area contributed by atoms with E-state index in [1.165, 1.54) is 17.4 Å². The van der Waals surface area contributed by atoms with E-state index < -0.39 is 5.91 Å². The van der Waals surface area contributed by atoms with Crippen LogP contribution in [-0.2, 0) is 16.6 Å². The highest BCUT2D eigenvalue weighted by Crippen LogP contribution is 2.25. The molecular formula is C19H14ClN3O3S. The van der Waals surface area contributed by atoms with E-state index in [4.69, 9.17) is 11.6 Å². The van der Waals surface area contributed by atoms with E-state index in [9.17, 15) is 14.4 Å². The summed E-state index contributed by atoms with van der Waals surface area (Å²) in [6.07, 6.45) is 0.388. The smallest absolute Gasteiger partial charge is 0.279 e. The average Bonchev–Trinajstić information content (AvgIpc) is 3.15. The van der Waals surface area contributed by atoms with Crippen molar-refractivity contribution in [3.8, 4) is 0 Å². The van der Waals surface area contributed by atoms with E-state index in [0.717, 1.165) is 15.1 Å². The number of nitrogens with zero attached hydrogens (tertiary/aromatic N) is 3. The van der Waals surface area contributed by atoms with Crippen LogP contribution < -0.4 is 9.70 Å². The minimum atomic E-state index is -0.450.